The van der Waals surface area contributed by atoms with E-state index in [-0.39, 0.29) is 11.8 Å². The predicted molar refractivity (Wildman–Crippen MR) is 136 cm³/mol. The van der Waals surface area contributed by atoms with Crippen molar-refractivity contribution in [2.45, 2.75) is 38.5 Å². The molecule has 3 aromatic rings. The minimum Gasteiger partial charge on any atom is -0.497 e. The summed E-state index contributed by atoms with van der Waals surface area (Å²) in [5, 5.41) is 11.3. The van der Waals surface area contributed by atoms with Gasteiger partial charge in [0.25, 0.3) is 0 Å². The van der Waals surface area contributed by atoms with Gasteiger partial charge in [0.1, 0.15) is 5.75 Å². The number of rotatable bonds is 8. The van der Waals surface area contributed by atoms with Crippen molar-refractivity contribution in [3.8, 4) is 17.6 Å². The molecule has 1 aliphatic rings. The molecule has 0 bridgehead atoms. The lowest BCUT2D eigenvalue weighted by atomic mass is 9.72. The highest BCUT2D eigenvalue weighted by molar-refractivity contribution is 7.10. The second kappa shape index (κ2) is 11.2. The van der Waals surface area contributed by atoms with Crippen molar-refractivity contribution in [1.29, 1.82) is 0 Å². The largest absolute Gasteiger partial charge is 0.497 e. The summed E-state index contributed by atoms with van der Waals surface area (Å²) in [4.78, 5) is 23.5. The monoisotopic (exact) mass is 497 g/mol. The molecular formula is C26H28ClN3O3S. The van der Waals surface area contributed by atoms with Crippen molar-refractivity contribution in [2.75, 3.05) is 26.7 Å². The lowest BCUT2D eigenvalue weighted by molar-refractivity contribution is -0.140. The Morgan fingerprint density at radius 2 is 2.15 bits per heavy atom. The molecule has 1 aliphatic heterocycles. The van der Waals surface area contributed by atoms with Crippen LogP contribution in [0.25, 0.3) is 10.9 Å². The van der Waals surface area contributed by atoms with Gasteiger partial charge in [0.15, 0.2) is 0 Å². The molecule has 4 rings (SSSR count). The fourth-order valence-corrected chi connectivity index (χ4v) is 5.49. The third kappa shape index (κ3) is 6.06. The van der Waals surface area contributed by atoms with Gasteiger partial charge >= 0.3 is 5.97 Å². The van der Waals surface area contributed by atoms with E-state index >= 15 is 0 Å². The van der Waals surface area contributed by atoms with Crippen molar-refractivity contribution in [1.82, 2.24) is 14.9 Å². The molecule has 3 heterocycles. The summed E-state index contributed by atoms with van der Waals surface area (Å²) in [5.74, 6) is 6.41. The van der Waals surface area contributed by atoms with E-state index in [1.807, 2.05) is 18.2 Å². The van der Waals surface area contributed by atoms with Gasteiger partial charge < -0.3 is 9.84 Å². The number of carboxylic acids is 1. The molecule has 2 aromatic heterocycles. The lowest BCUT2D eigenvalue weighted by Gasteiger charge is -2.40. The van der Waals surface area contributed by atoms with E-state index in [1.54, 1.807) is 25.0 Å². The Hall–Kier alpha value is -2.66. The number of halogens is 1. The third-order valence-electron chi connectivity index (χ3n) is 6.66. The molecule has 0 aliphatic carbocycles. The second-order valence-corrected chi connectivity index (χ2v) is 10.1. The van der Waals surface area contributed by atoms with Crippen LogP contribution in [0, 0.1) is 17.3 Å². The third-order valence-corrected chi connectivity index (χ3v) is 7.67. The molecule has 0 saturated carbocycles. The number of carboxylic acid groups (broad SMARTS) is 1. The summed E-state index contributed by atoms with van der Waals surface area (Å²) in [6.07, 6.45) is 7.89. The Morgan fingerprint density at radius 3 is 2.85 bits per heavy atom. The molecule has 8 heteroatoms. The van der Waals surface area contributed by atoms with Crippen LogP contribution < -0.4 is 4.74 Å². The quantitative estimate of drug-likeness (QED) is 0.426. The van der Waals surface area contributed by atoms with Crippen LogP contribution in [0.4, 0.5) is 0 Å². The van der Waals surface area contributed by atoms with Crippen LogP contribution in [-0.2, 0) is 11.2 Å². The summed E-state index contributed by atoms with van der Waals surface area (Å²) in [7, 11) is 1.64. The number of nitrogens with zero attached hydrogens (tertiary/aromatic N) is 3. The van der Waals surface area contributed by atoms with Crippen LogP contribution in [0.2, 0.25) is 5.02 Å². The Bertz CT molecular complexity index is 1200. The van der Waals surface area contributed by atoms with Crippen molar-refractivity contribution in [2.24, 2.45) is 5.41 Å². The van der Waals surface area contributed by atoms with E-state index in [9.17, 15) is 9.90 Å². The molecule has 1 saturated heterocycles. The first kappa shape index (κ1) is 24.5. The summed E-state index contributed by atoms with van der Waals surface area (Å²) >= 11 is 8.06. The number of benzene rings is 1. The number of aliphatic carboxylic acids is 1. The zero-order chi connectivity index (χ0) is 24.0. The van der Waals surface area contributed by atoms with Crippen LogP contribution in [0.5, 0.6) is 5.75 Å². The number of methoxy groups -OCH3 is 1. The van der Waals surface area contributed by atoms with Gasteiger partial charge in [0.2, 0.25) is 0 Å². The summed E-state index contributed by atoms with van der Waals surface area (Å²) in [5.41, 5.74) is 3.52. The standard InChI is InChI=1S/C26H28ClN3O3S/c1-33-19-6-7-24-22(14-19)21(23(27)17-29-24)5-2-8-26(15-25(31)32)9-12-30(13-10-26)11-3-4-20-16-28-18-34-20/h6-7,14,16-18H,2,5,8-13,15H2,1H3,(H,31,32). The molecule has 34 heavy (non-hydrogen) atoms. The zero-order valence-corrected chi connectivity index (χ0v) is 20.8. The van der Waals surface area contributed by atoms with Crippen molar-refractivity contribution in [3.05, 3.63) is 51.6 Å². The Balaban J connectivity index is 1.40. The number of ether oxygens (including phenoxy) is 1. The van der Waals surface area contributed by atoms with Gasteiger partial charge in [-0.05, 0) is 74.4 Å². The van der Waals surface area contributed by atoms with Crippen molar-refractivity contribution < 1.29 is 14.6 Å². The predicted octanol–water partition coefficient (Wildman–Crippen LogP) is 5.28. The highest BCUT2D eigenvalue weighted by Gasteiger charge is 2.36. The topological polar surface area (TPSA) is 75.6 Å². The Kier molecular flexibility index (Phi) is 8.04. The molecule has 178 valence electrons. The number of likely N-dealkylation sites (tertiary alicyclic amines) is 1. The van der Waals surface area contributed by atoms with Gasteiger partial charge in [-0.1, -0.05) is 23.4 Å². The van der Waals surface area contributed by atoms with Crippen LogP contribution in [0.15, 0.2) is 36.1 Å². The van der Waals surface area contributed by atoms with Gasteiger partial charge in [0, 0.05) is 11.6 Å². The smallest absolute Gasteiger partial charge is 0.303 e. The normalized spacial score (nSPS) is 15.6. The van der Waals surface area contributed by atoms with Crippen LogP contribution in [0.1, 0.15) is 42.5 Å². The Morgan fingerprint density at radius 1 is 1.32 bits per heavy atom. The fraction of sp³-hybridized carbons (Fsp3) is 0.423. The van der Waals surface area contributed by atoms with Crippen molar-refractivity contribution in [3.63, 3.8) is 0 Å². The van der Waals surface area contributed by atoms with Gasteiger partial charge in [-0.15, -0.1) is 11.3 Å². The molecular weight excluding hydrogens is 470 g/mol. The van der Waals surface area contributed by atoms with E-state index in [4.69, 9.17) is 16.3 Å². The number of aromatic nitrogens is 2. The molecule has 0 unspecified atom stereocenters. The minimum absolute atomic E-state index is 0.194. The maximum absolute atomic E-state index is 11.7. The number of aryl methyl sites for hydroxylation is 1. The zero-order valence-electron chi connectivity index (χ0n) is 19.2. The minimum atomic E-state index is -0.726. The van der Waals surface area contributed by atoms with E-state index in [0.29, 0.717) is 11.6 Å². The number of piperidine rings is 1. The van der Waals surface area contributed by atoms with Crippen LogP contribution in [-0.4, -0.2) is 52.7 Å². The molecule has 1 N–H and O–H groups in total. The molecule has 0 radical (unpaired) electrons. The number of hydrogen-bond acceptors (Lipinski definition) is 6. The first-order valence-corrected chi connectivity index (χ1v) is 12.7. The molecule has 0 atom stereocenters. The SMILES string of the molecule is COc1ccc2ncc(Cl)c(CCCC3(CC(=O)O)CCN(CC#Cc4cncs4)CC3)c2c1. The summed E-state index contributed by atoms with van der Waals surface area (Å²) < 4.78 is 5.38. The van der Waals surface area contributed by atoms with Gasteiger partial charge in [-0.3, -0.25) is 19.7 Å². The molecule has 1 fully saturated rings. The lowest BCUT2D eigenvalue weighted by Crippen LogP contribution is -2.41. The number of hydrogen-bond donors (Lipinski definition) is 1. The number of fused-ring (bicyclic) bond motifs is 1. The summed E-state index contributed by atoms with van der Waals surface area (Å²) in [6.45, 7) is 2.42. The maximum Gasteiger partial charge on any atom is 0.303 e. The fourth-order valence-electron chi connectivity index (χ4n) is 4.76. The van der Waals surface area contributed by atoms with Gasteiger partial charge in [0.05, 0.1) is 47.2 Å². The van der Waals surface area contributed by atoms with Gasteiger partial charge in [-0.2, -0.15) is 0 Å². The van der Waals surface area contributed by atoms with Crippen molar-refractivity contribution >= 4 is 39.8 Å². The molecule has 0 amide bonds. The second-order valence-electron chi connectivity index (χ2n) is 8.84. The number of pyridine rings is 1. The number of carbonyl (C=O) groups is 1. The molecule has 6 nitrogen and oxygen atoms in total. The average Bonchev–Trinajstić information content (AvgIpc) is 3.35. The Labute approximate surface area is 208 Å². The average molecular weight is 498 g/mol. The highest BCUT2D eigenvalue weighted by atomic mass is 35.5. The maximum atomic E-state index is 11.7. The van der Waals surface area contributed by atoms with Gasteiger partial charge in [-0.25, -0.2) is 0 Å². The van der Waals surface area contributed by atoms with E-state index < -0.39 is 5.97 Å². The molecule has 1 aromatic carbocycles. The first-order valence-electron chi connectivity index (χ1n) is 11.4. The summed E-state index contributed by atoms with van der Waals surface area (Å²) in [6, 6.07) is 5.81. The van der Waals surface area contributed by atoms with E-state index in [0.717, 1.165) is 72.3 Å². The van der Waals surface area contributed by atoms with E-state index in [2.05, 4.69) is 26.7 Å². The first-order chi connectivity index (χ1) is 16.5. The van der Waals surface area contributed by atoms with Crippen LogP contribution in [0.3, 0.4) is 0 Å². The highest BCUT2D eigenvalue weighted by Crippen LogP contribution is 2.40. The number of thiazole rings is 1. The van der Waals surface area contributed by atoms with Crippen LogP contribution >= 0.6 is 22.9 Å². The van der Waals surface area contributed by atoms with E-state index in [1.165, 1.54) is 11.3 Å². The molecule has 0 spiro atoms.